The quantitative estimate of drug-likeness (QED) is 0.521. The molecule has 0 bridgehead atoms. The summed E-state index contributed by atoms with van der Waals surface area (Å²) in [5, 5.41) is 8.86. The maximum absolute atomic E-state index is 10.6. The monoisotopic (exact) mass is 125 g/mol. The van der Waals surface area contributed by atoms with Crippen LogP contribution in [0.2, 0.25) is 0 Å². The van der Waals surface area contributed by atoms with Gasteiger partial charge in [-0.25, -0.2) is 0 Å². The summed E-state index contributed by atoms with van der Waals surface area (Å²) in [6, 6.07) is 0. The van der Waals surface area contributed by atoms with Gasteiger partial charge >= 0.3 is 0 Å². The molecular formula is C6H7NO2. The summed E-state index contributed by atoms with van der Waals surface area (Å²) in [6.07, 6.45) is 1.72. The largest absolute Gasteiger partial charge is 0.503 e. The summed E-state index contributed by atoms with van der Waals surface area (Å²) in [5.74, 6) is -0.444. The van der Waals surface area contributed by atoms with Crippen LogP contribution in [-0.2, 0) is 4.79 Å². The van der Waals surface area contributed by atoms with Crippen molar-refractivity contribution in [1.29, 1.82) is 0 Å². The lowest BCUT2D eigenvalue weighted by molar-refractivity contribution is -0.117. The Morgan fingerprint density at radius 1 is 1.78 bits per heavy atom. The first kappa shape index (κ1) is 6.01. The fraction of sp³-hybridized carbons (Fsp3) is 0.333. The number of carbonyl (C=O) groups is 1. The van der Waals surface area contributed by atoms with Crippen LogP contribution in [-0.4, -0.2) is 17.1 Å². The van der Waals surface area contributed by atoms with Gasteiger partial charge in [-0.15, -0.1) is 0 Å². The van der Waals surface area contributed by atoms with Gasteiger partial charge in [-0.2, -0.15) is 0 Å². The molecule has 0 radical (unpaired) electrons. The number of Topliss-reactive ketones (excluding diaryl/α,β-unsaturated/α-hetero) is 1. The molecule has 0 atom stereocenters. The molecule has 3 nitrogen and oxygen atoms in total. The third kappa shape index (κ3) is 0.988. The number of ketones is 1. The molecule has 1 aliphatic heterocycles. The van der Waals surface area contributed by atoms with E-state index in [1.807, 2.05) is 0 Å². The van der Waals surface area contributed by atoms with Crippen molar-refractivity contribution in [2.75, 3.05) is 0 Å². The Hall–Kier alpha value is -1.12. The second-order valence-corrected chi connectivity index (χ2v) is 1.87. The van der Waals surface area contributed by atoms with Crippen molar-refractivity contribution in [1.82, 2.24) is 0 Å². The van der Waals surface area contributed by atoms with Gasteiger partial charge < -0.3 is 5.11 Å². The van der Waals surface area contributed by atoms with E-state index in [9.17, 15) is 4.79 Å². The second-order valence-electron chi connectivity index (χ2n) is 1.87. The molecule has 0 aliphatic carbocycles. The number of carbonyl (C=O) groups excluding carboxylic acids is 1. The van der Waals surface area contributed by atoms with E-state index in [1.165, 1.54) is 6.21 Å². The number of aliphatic imine (C=N–C) groups is 1. The molecule has 0 fully saturated rings. The summed E-state index contributed by atoms with van der Waals surface area (Å²) in [6.45, 7) is 1.60. The molecule has 0 aromatic carbocycles. The van der Waals surface area contributed by atoms with E-state index in [0.717, 1.165) is 0 Å². The van der Waals surface area contributed by atoms with Gasteiger partial charge in [0.25, 0.3) is 0 Å². The molecule has 0 aromatic rings. The predicted octanol–water partition coefficient (Wildman–Crippen LogP) is 0.820. The molecule has 1 heterocycles. The summed E-state index contributed by atoms with van der Waals surface area (Å²) in [7, 11) is 0. The molecule has 0 unspecified atom stereocenters. The highest BCUT2D eigenvalue weighted by atomic mass is 16.3. The lowest BCUT2D eigenvalue weighted by atomic mass is 10.2. The van der Waals surface area contributed by atoms with Crippen LogP contribution in [0, 0.1) is 0 Å². The molecule has 0 saturated carbocycles. The lowest BCUT2D eigenvalue weighted by Crippen LogP contribution is -2.08. The van der Waals surface area contributed by atoms with E-state index in [1.54, 1.807) is 6.92 Å². The Morgan fingerprint density at radius 2 is 2.44 bits per heavy atom. The van der Waals surface area contributed by atoms with Gasteiger partial charge in [-0.3, -0.25) is 9.79 Å². The van der Waals surface area contributed by atoms with Crippen LogP contribution in [0.4, 0.5) is 0 Å². The molecule has 48 valence electrons. The number of rotatable bonds is 0. The minimum Gasteiger partial charge on any atom is -0.503 e. The average Bonchev–Trinajstić information content (AvgIpc) is 1.83. The van der Waals surface area contributed by atoms with Crippen LogP contribution in [0.3, 0.4) is 0 Å². The Bertz CT molecular complexity index is 203. The van der Waals surface area contributed by atoms with Crippen LogP contribution in [0.15, 0.2) is 16.4 Å². The van der Waals surface area contributed by atoms with E-state index >= 15 is 0 Å². The van der Waals surface area contributed by atoms with Gasteiger partial charge in [-0.1, -0.05) is 0 Å². The first-order valence-corrected chi connectivity index (χ1v) is 2.67. The van der Waals surface area contributed by atoms with Crippen molar-refractivity contribution in [2.24, 2.45) is 4.99 Å². The molecule has 0 amide bonds. The molecular weight excluding hydrogens is 118 g/mol. The topological polar surface area (TPSA) is 49.7 Å². The standard InChI is InChI=1S/C6H7NO2/c1-4-6(9)5(8)2-3-7-4/h3,9H,2H2,1H3. The molecule has 1 N–H and O–H groups in total. The molecule has 3 heteroatoms. The molecule has 0 spiro atoms. The Morgan fingerprint density at radius 3 is 2.89 bits per heavy atom. The summed E-state index contributed by atoms with van der Waals surface area (Å²) in [4.78, 5) is 14.4. The van der Waals surface area contributed by atoms with Crippen molar-refractivity contribution in [2.45, 2.75) is 13.3 Å². The Balaban J connectivity index is 2.97. The SMILES string of the molecule is CC1=C(O)C(=O)CC=N1. The highest BCUT2D eigenvalue weighted by Gasteiger charge is 2.12. The van der Waals surface area contributed by atoms with Crippen LogP contribution in [0.5, 0.6) is 0 Å². The van der Waals surface area contributed by atoms with E-state index in [2.05, 4.69) is 4.99 Å². The fourth-order valence-electron chi connectivity index (χ4n) is 0.625. The number of hydrogen-bond donors (Lipinski definition) is 1. The predicted molar refractivity (Wildman–Crippen MR) is 33.4 cm³/mol. The zero-order valence-electron chi connectivity index (χ0n) is 5.09. The smallest absolute Gasteiger partial charge is 0.204 e. The third-order valence-electron chi connectivity index (χ3n) is 1.17. The highest BCUT2D eigenvalue weighted by molar-refractivity contribution is 6.03. The van der Waals surface area contributed by atoms with Gasteiger partial charge in [0.05, 0.1) is 5.70 Å². The van der Waals surface area contributed by atoms with E-state index in [0.29, 0.717) is 5.70 Å². The van der Waals surface area contributed by atoms with Gasteiger partial charge in [0, 0.05) is 12.6 Å². The van der Waals surface area contributed by atoms with Gasteiger partial charge in [0.1, 0.15) is 0 Å². The molecule has 0 aromatic heterocycles. The average molecular weight is 125 g/mol. The molecule has 1 aliphatic rings. The summed E-state index contributed by atoms with van der Waals surface area (Å²) >= 11 is 0. The minimum atomic E-state index is -0.248. The third-order valence-corrected chi connectivity index (χ3v) is 1.17. The molecule has 9 heavy (non-hydrogen) atoms. The van der Waals surface area contributed by atoms with E-state index in [-0.39, 0.29) is 18.0 Å². The number of hydrogen-bond acceptors (Lipinski definition) is 3. The molecule has 0 saturated heterocycles. The van der Waals surface area contributed by atoms with Gasteiger partial charge in [0.15, 0.2) is 5.76 Å². The van der Waals surface area contributed by atoms with Crippen LogP contribution < -0.4 is 0 Å². The number of aliphatic hydroxyl groups is 1. The van der Waals surface area contributed by atoms with E-state index in [4.69, 9.17) is 5.11 Å². The Kier molecular flexibility index (Phi) is 1.34. The maximum Gasteiger partial charge on any atom is 0.204 e. The maximum atomic E-state index is 10.6. The van der Waals surface area contributed by atoms with Crippen molar-refractivity contribution in [3.63, 3.8) is 0 Å². The lowest BCUT2D eigenvalue weighted by Gasteiger charge is -2.02. The van der Waals surface area contributed by atoms with Crippen LogP contribution in [0.1, 0.15) is 13.3 Å². The second kappa shape index (κ2) is 2.01. The highest BCUT2D eigenvalue weighted by Crippen LogP contribution is 2.08. The zero-order chi connectivity index (χ0) is 6.85. The number of nitrogens with zero attached hydrogens (tertiary/aromatic N) is 1. The summed E-state index contributed by atoms with van der Waals surface area (Å²) in [5.41, 5.74) is 0.409. The normalized spacial score (nSPS) is 19.0. The van der Waals surface area contributed by atoms with E-state index < -0.39 is 0 Å². The van der Waals surface area contributed by atoms with Gasteiger partial charge in [0.2, 0.25) is 5.78 Å². The van der Waals surface area contributed by atoms with Gasteiger partial charge in [-0.05, 0) is 6.92 Å². The van der Waals surface area contributed by atoms with Crippen molar-refractivity contribution in [3.8, 4) is 0 Å². The fourth-order valence-corrected chi connectivity index (χ4v) is 0.625. The first-order valence-electron chi connectivity index (χ1n) is 2.67. The number of aliphatic hydroxyl groups excluding tert-OH is 1. The minimum absolute atomic E-state index is 0.197. The zero-order valence-corrected chi connectivity index (χ0v) is 5.09. The van der Waals surface area contributed by atoms with Crippen molar-refractivity contribution in [3.05, 3.63) is 11.5 Å². The van der Waals surface area contributed by atoms with Crippen molar-refractivity contribution >= 4 is 12.0 Å². The van der Waals surface area contributed by atoms with Crippen molar-refractivity contribution < 1.29 is 9.90 Å². The van der Waals surface area contributed by atoms with Crippen LogP contribution in [0.25, 0.3) is 0 Å². The number of allylic oxidation sites excluding steroid dienone is 2. The Labute approximate surface area is 52.7 Å². The summed E-state index contributed by atoms with van der Waals surface area (Å²) < 4.78 is 0. The first-order chi connectivity index (χ1) is 4.22. The molecule has 1 rings (SSSR count). The van der Waals surface area contributed by atoms with Crippen LogP contribution >= 0.6 is 0 Å².